The van der Waals surface area contributed by atoms with Crippen LogP contribution in [0.15, 0.2) is 18.5 Å². The van der Waals surface area contributed by atoms with Crippen molar-refractivity contribution in [1.82, 2.24) is 24.6 Å². The molecule has 4 rings (SSSR count). The van der Waals surface area contributed by atoms with Crippen molar-refractivity contribution in [2.45, 2.75) is 18.4 Å². The summed E-state index contributed by atoms with van der Waals surface area (Å²) in [5.74, 6) is 2.92. The maximum absolute atomic E-state index is 14.8. The van der Waals surface area contributed by atoms with Gasteiger partial charge in [0.25, 0.3) is 12.3 Å². The van der Waals surface area contributed by atoms with Gasteiger partial charge in [-0.05, 0) is 12.1 Å². The zero-order valence-electron chi connectivity index (χ0n) is 16.5. The Morgan fingerprint density at radius 1 is 1.31 bits per heavy atom. The highest BCUT2D eigenvalue weighted by atomic mass is 19.3. The van der Waals surface area contributed by atoms with Gasteiger partial charge in [0, 0.05) is 20.0 Å². The number of alkyl halides is 2. The highest BCUT2D eigenvalue weighted by Crippen LogP contribution is 2.31. The third-order valence-corrected chi connectivity index (χ3v) is 5.06. The molecule has 1 saturated heterocycles. The molecular weight excluding hydrogens is 427 g/mol. The lowest BCUT2D eigenvalue weighted by atomic mass is 10.0. The van der Waals surface area contributed by atoms with Gasteiger partial charge in [-0.2, -0.15) is 10.4 Å². The minimum Gasteiger partial charge on any atom is -0.383 e. The van der Waals surface area contributed by atoms with E-state index in [1.165, 1.54) is 11.9 Å². The number of carbonyl (C=O) groups excluding carboxylic acids is 1. The van der Waals surface area contributed by atoms with E-state index in [9.17, 15) is 28.3 Å². The standard InChI is InChI=1S/C20H14F3N7O2/c1-29-5-4-20(32,19(29)31)3-2-10-6-12(7-11(8-24)14(10)21)30-18-13(15(28-30)16(22)23)17(25)26-9-27-18/h6-7,9,16,32H,4-5H2,1H3,(H2,25,26,27)/t20-/m0/s1. The average molecular weight is 441 g/mol. The van der Waals surface area contributed by atoms with Gasteiger partial charge in [-0.15, -0.1) is 0 Å². The lowest BCUT2D eigenvalue weighted by Gasteiger charge is -2.13. The molecule has 162 valence electrons. The summed E-state index contributed by atoms with van der Waals surface area (Å²) in [6, 6.07) is 3.90. The highest BCUT2D eigenvalue weighted by molar-refractivity contribution is 5.91. The van der Waals surface area contributed by atoms with Gasteiger partial charge < -0.3 is 15.7 Å². The second-order valence-electron chi connectivity index (χ2n) is 7.11. The van der Waals surface area contributed by atoms with Gasteiger partial charge in [0.05, 0.1) is 22.2 Å². The predicted molar refractivity (Wildman–Crippen MR) is 105 cm³/mol. The topological polar surface area (TPSA) is 134 Å². The average Bonchev–Trinajstić information content (AvgIpc) is 3.28. The fourth-order valence-corrected chi connectivity index (χ4v) is 3.38. The van der Waals surface area contributed by atoms with Crippen LogP contribution in [0, 0.1) is 29.0 Å². The molecule has 2 aromatic heterocycles. The molecule has 3 aromatic rings. The van der Waals surface area contributed by atoms with E-state index in [0.717, 1.165) is 23.1 Å². The first-order valence-electron chi connectivity index (χ1n) is 9.18. The number of anilines is 1. The van der Waals surface area contributed by atoms with Crippen LogP contribution in [-0.4, -0.2) is 54.9 Å². The van der Waals surface area contributed by atoms with Gasteiger partial charge in [0.1, 0.15) is 23.9 Å². The van der Waals surface area contributed by atoms with E-state index in [0.29, 0.717) is 0 Å². The molecule has 0 saturated carbocycles. The van der Waals surface area contributed by atoms with Gasteiger partial charge >= 0.3 is 0 Å². The number of nitriles is 1. The van der Waals surface area contributed by atoms with Crippen molar-refractivity contribution in [1.29, 1.82) is 5.26 Å². The number of nitrogens with two attached hydrogens (primary N) is 1. The number of aromatic nitrogens is 4. The molecule has 0 spiro atoms. The minimum atomic E-state index is -3.00. The number of benzene rings is 1. The van der Waals surface area contributed by atoms with Gasteiger partial charge in [0.15, 0.2) is 11.5 Å². The van der Waals surface area contributed by atoms with Gasteiger partial charge in [-0.3, -0.25) is 4.79 Å². The Labute approximate surface area is 178 Å². The largest absolute Gasteiger partial charge is 0.383 e. The number of likely N-dealkylation sites (tertiary alicyclic amines) is 1. The Hall–Kier alpha value is -4.16. The Morgan fingerprint density at radius 2 is 2.03 bits per heavy atom. The number of halogens is 3. The van der Waals surface area contributed by atoms with E-state index in [4.69, 9.17) is 5.73 Å². The molecule has 0 aliphatic carbocycles. The number of aliphatic hydroxyl groups is 1. The molecule has 1 aliphatic heterocycles. The normalized spacial score (nSPS) is 18.2. The van der Waals surface area contributed by atoms with Crippen molar-refractivity contribution < 1.29 is 23.1 Å². The van der Waals surface area contributed by atoms with Crippen molar-refractivity contribution >= 4 is 22.8 Å². The number of rotatable bonds is 2. The maximum atomic E-state index is 14.8. The third kappa shape index (κ3) is 3.27. The number of fused-ring (bicyclic) bond motifs is 1. The zero-order valence-corrected chi connectivity index (χ0v) is 16.5. The van der Waals surface area contributed by atoms with Crippen LogP contribution in [-0.2, 0) is 4.79 Å². The number of likely N-dealkylation sites (N-methyl/N-ethyl adjacent to an activating group) is 1. The van der Waals surface area contributed by atoms with Crippen LogP contribution in [0.5, 0.6) is 0 Å². The number of nitrogens with zero attached hydrogens (tertiary/aromatic N) is 6. The summed E-state index contributed by atoms with van der Waals surface area (Å²) < 4.78 is 42.8. The summed E-state index contributed by atoms with van der Waals surface area (Å²) >= 11 is 0. The second kappa shape index (κ2) is 7.51. The molecule has 1 atom stereocenters. The molecule has 1 aliphatic rings. The predicted octanol–water partition coefficient (Wildman–Crippen LogP) is 1.29. The fourth-order valence-electron chi connectivity index (χ4n) is 3.38. The van der Waals surface area contributed by atoms with Crippen LogP contribution in [0.2, 0.25) is 0 Å². The molecule has 0 bridgehead atoms. The first-order valence-corrected chi connectivity index (χ1v) is 9.18. The first-order chi connectivity index (χ1) is 15.2. The molecule has 3 N–H and O–H groups in total. The number of amides is 1. The van der Waals surface area contributed by atoms with Crippen LogP contribution in [0.4, 0.5) is 19.0 Å². The number of carbonyl (C=O) groups is 1. The van der Waals surface area contributed by atoms with Crippen molar-refractivity contribution in [3.05, 3.63) is 41.1 Å². The summed E-state index contributed by atoms with van der Waals surface area (Å²) in [6.45, 7) is 0.271. The quantitative estimate of drug-likeness (QED) is 0.573. The second-order valence-corrected chi connectivity index (χ2v) is 7.11. The van der Waals surface area contributed by atoms with Crippen LogP contribution in [0.25, 0.3) is 16.7 Å². The Bertz CT molecular complexity index is 1370. The molecule has 1 fully saturated rings. The molecule has 1 amide bonds. The molecule has 3 heterocycles. The lowest BCUT2D eigenvalue weighted by molar-refractivity contribution is -0.137. The monoisotopic (exact) mass is 441 g/mol. The highest BCUT2D eigenvalue weighted by Gasteiger charge is 2.42. The van der Waals surface area contributed by atoms with E-state index in [1.807, 2.05) is 0 Å². The fraction of sp³-hybridized carbons (Fsp3) is 0.250. The van der Waals surface area contributed by atoms with Gasteiger partial charge in [-0.1, -0.05) is 11.8 Å². The molecule has 0 radical (unpaired) electrons. The molecule has 9 nitrogen and oxygen atoms in total. The molecule has 32 heavy (non-hydrogen) atoms. The maximum Gasteiger partial charge on any atom is 0.282 e. The van der Waals surface area contributed by atoms with E-state index >= 15 is 0 Å². The zero-order chi connectivity index (χ0) is 23.2. The van der Waals surface area contributed by atoms with Crippen molar-refractivity contribution in [2.24, 2.45) is 0 Å². The minimum absolute atomic E-state index is 0.00380. The van der Waals surface area contributed by atoms with Gasteiger partial charge in [-0.25, -0.2) is 27.8 Å². The van der Waals surface area contributed by atoms with Crippen LogP contribution >= 0.6 is 0 Å². The Kier molecular flexibility index (Phi) is 4.95. The first kappa shape index (κ1) is 21.1. The van der Waals surface area contributed by atoms with Crippen LogP contribution in [0.3, 0.4) is 0 Å². The summed E-state index contributed by atoms with van der Waals surface area (Å²) in [6.07, 6.45) is -1.92. The Balaban J connectivity index is 1.91. The number of hydrogen-bond donors (Lipinski definition) is 2. The third-order valence-electron chi connectivity index (χ3n) is 5.06. The summed E-state index contributed by atoms with van der Waals surface area (Å²) in [5, 5.41) is 23.4. The van der Waals surface area contributed by atoms with E-state index < -0.39 is 35.0 Å². The van der Waals surface area contributed by atoms with Crippen molar-refractivity contribution in [2.75, 3.05) is 19.3 Å². The summed E-state index contributed by atoms with van der Waals surface area (Å²) in [5.41, 5.74) is 2.19. The van der Waals surface area contributed by atoms with Crippen LogP contribution < -0.4 is 5.73 Å². The molecule has 12 heteroatoms. The number of hydrogen-bond acceptors (Lipinski definition) is 7. The summed E-state index contributed by atoms with van der Waals surface area (Å²) in [4.78, 5) is 21.0. The van der Waals surface area contributed by atoms with E-state index in [2.05, 4.69) is 26.9 Å². The van der Waals surface area contributed by atoms with E-state index in [1.54, 1.807) is 6.07 Å². The lowest BCUT2D eigenvalue weighted by Crippen LogP contribution is -2.37. The molecule has 0 unspecified atom stereocenters. The van der Waals surface area contributed by atoms with Gasteiger partial charge in [0.2, 0.25) is 5.60 Å². The van der Waals surface area contributed by atoms with Crippen molar-refractivity contribution in [3.63, 3.8) is 0 Å². The molecular formula is C20H14F3N7O2. The van der Waals surface area contributed by atoms with Crippen molar-refractivity contribution in [3.8, 4) is 23.6 Å². The SMILES string of the molecule is CN1CC[C@@](O)(C#Cc2cc(-n3nc(C(F)F)c4c(N)ncnc43)cc(C#N)c2F)C1=O. The molecule has 1 aromatic carbocycles. The van der Waals surface area contributed by atoms with Crippen LogP contribution in [0.1, 0.15) is 29.7 Å². The summed E-state index contributed by atoms with van der Waals surface area (Å²) in [7, 11) is 1.49. The smallest absolute Gasteiger partial charge is 0.282 e. The number of nitrogen functional groups attached to an aromatic ring is 1. The van der Waals surface area contributed by atoms with E-state index in [-0.39, 0.29) is 41.1 Å². The Morgan fingerprint density at radius 3 is 2.66 bits per heavy atom.